The van der Waals surface area contributed by atoms with Gasteiger partial charge < -0.3 is 20.6 Å². The highest BCUT2D eigenvalue weighted by molar-refractivity contribution is 8.02. The molecule has 8 heteroatoms. The average molecular weight is 412 g/mol. The number of thioether (sulfide) groups is 1. The van der Waals surface area contributed by atoms with Gasteiger partial charge in [0.15, 0.2) is 0 Å². The predicted molar refractivity (Wildman–Crippen MR) is 109 cm³/mol. The molecule has 7 nitrogen and oxygen atoms in total. The number of carbonyl (C=O) groups is 3. The van der Waals surface area contributed by atoms with Crippen molar-refractivity contribution in [1.29, 1.82) is 0 Å². The van der Waals surface area contributed by atoms with Gasteiger partial charge in [0.05, 0.1) is 29.2 Å². The van der Waals surface area contributed by atoms with Gasteiger partial charge in [-0.15, -0.1) is 11.8 Å². The summed E-state index contributed by atoms with van der Waals surface area (Å²) in [5.74, 6) is -1.48. The maximum Gasteiger partial charge on any atom is 0.244 e. The lowest BCUT2D eigenvalue weighted by Gasteiger charge is -2.38. The molecule has 3 fully saturated rings. The van der Waals surface area contributed by atoms with E-state index < -0.39 is 28.7 Å². The van der Waals surface area contributed by atoms with Crippen molar-refractivity contribution in [3.8, 4) is 0 Å². The summed E-state index contributed by atoms with van der Waals surface area (Å²) >= 11 is 1.65. The molecule has 0 aromatic carbocycles. The second-order valence-corrected chi connectivity index (χ2v) is 11.1. The Bertz CT molecular complexity index is 684. The zero-order valence-corrected chi connectivity index (χ0v) is 18.4. The summed E-state index contributed by atoms with van der Waals surface area (Å²) in [6.45, 7) is 9.52. The predicted octanol–water partition coefficient (Wildman–Crippen LogP) is 0.755. The molecule has 3 N–H and O–H groups in total. The number of aliphatic hydroxyl groups is 1. The molecule has 3 heterocycles. The fourth-order valence-corrected chi connectivity index (χ4v) is 7.90. The fraction of sp³-hybridized carbons (Fsp3) is 0.850. The molecular weight excluding hydrogens is 378 g/mol. The Morgan fingerprint density at radius 2 is 1.89 bits per heavy atom. The molecule has 3 saturated heterocycles. The van der Waals surface area contributed by atoms with Crippen LogP contribution in [0.5, 0.6) is 0 Å². The van der Waals surface area contributed by atoms with Crippen LogP contribution in [0, 0.1) is 17.8 Å². The smallest absolute Gasteiger partial charge is 0.244 e. The average Bonchev–Trinajstić information content (AvgIpc) is 3.16. The number of likely N-dealkylation sites (tertiary alicyclic amines) is 1. The van der Waals surface area contributed by atoms with Gasteiger partial charge in [0.1, 0.15) is 6.04 Å². The van der Waals surface area contributed by atoms with Crippen LogP contribution in [0.2, 0.25) is 0 Å². The molecular formula is C20H33N3O4S. The van der Waals surface area contributed by atoms with Crippen molar-refractivity contribution >= 4 is 29.5 Å². The molecule has 0 saturated carbocycles. The Morgan fingerprint density at radius 1 is 1.25 bits per heavy atom. The highest BCUT2D eigenvalue weighted by atomic mass is 32.2. The zero-order chi connectivity index (χ0) is 21.0. The van der Waals surface area contributed by atoms with Crippen molar-refractivity contribution in [2.75, 3.05) is 13.7 Å². The third-order valence-corrected chi connectivity index (χ3v) is 8.72. The van der Waals surface area contributed by atoms with Crippen molar-refractivity contribution in [3.63, 3.8) is 0 Å². The minimum Gasteiger partial charge on any atom is -0.394 e. The Balaban J connectivity index is 2.13. The van der Waals surface area contributed by atoms with E-state index in [-0.39, 0.29) is 41.0 Å². The summed E-state index contributed by atoms with van der Waals surface area (Å²) in [6.07, 6.45) is 1.52. The summed E-state index contributed by atoms with van der Waals surface area (Å²) in [7, 11) is 1.60. The molecule has 158 valence electrons. The first kappa shape index (κ1) is 21.4. The van der Waals surface area contributed by atoms with Gasteiger partial charge in [-0.1, -0.05) is 13.8 Å². The summed E-state index contributed by atoms with van der Waals surface area (Å²) in [5.41, 5.74) is 0. The van der Waals surface area contributed by atoms with Gasteiger partial charge in [-0.05, 0) is 39.5 Å². The van der Waals surface area contributed by atoms with Crippen molar-refractivity contribution < 1.29 is 19.5 Å². The molecule has 2 unspecified atom stereocenters. The standard InChI is InChI=1S/C20H33N3O4S/c1-10(2)12(9-24)23-15(17(26)22-11(3)4)20-8-7-19(5,28-20)13(16(25)21-6)14(20)18(23)27/h10-15,24H,7-9H2,1-6H3,(H,21,25)(H,22,26)/t12-,13+,14-,15?,19-,20?/m0/s1. The molecule has 1 spiro atoms. The second-order valence-electron chi connectivity index (χ2n) is 9.24. The summed E-state index contributed by atoms with van der Waals surface area (Å²) in [6, 6.07) is -1.18. The molecule has 28 heavy (non-hydrogen) atoms. The maximum absolute atomic E-state index is 13.7. The summed E-state index contributed by atoms with van der Waals surface area (Å²) < 4.78 is -0.973. The van der Waals surface area contributed by atoms with Crippen LogP contribution in [-0.2, 0) is 14.4 Å². The van der Waals surface area contributed by atoms with Gasteiger partial charge in [0, 0.05) is 17.8 Å². The van der Waals surface area contributed by atoms with Crippen molar-refractivity contribution in [1.82, 2.24) is 15.5 Å². The Morgan fingerprint density at radius 3 is 2.39 bits per heavy atom. The SMILES string of the molecule is CNC(=O)[C@H]1[C@H]2C(=O)N([C@@H](CO)C(C)C)C(C(=O)NC(C)C)C23CC[C@]1(C)S3. The number of carbonyl (C=O) groups excluding carboxylic acids is 3. The van der Waals surface area contributed by atoms with Crippen LogP contribution < -0.4 is 10.6 Å². The van der Waals surface area contributed by atoms with E-state index in [1.54, 1.807) is 23.7 Å². The second kappa shape index (κ2) is 7.20. The van der Waals surface area contributed by atoms with Gasteiger partial charge in [0.2, 0.25) is 17.7 Å². The molecule has 3 amide bonds. The monoisotopic (exact) mass is 411 g/mol. The van der Waals surface area contributed by atoms with Crippen LogP contribution in [0.1, 0.15) is 47.5 Å². The normalized spacial score (nSPS) is 37.5. The van der Waals surface area contributed by atoms with E-state index in [1.165, 1.54) is 0 Å². The molecule has 0 aliphatic carbocycles. The van der Waals surface area contributed by atoms with Crippen molar-refractivity contribution in [2.45, 2.75) is 75.1 Å². The van der Waals surface area contributed by atoms with Crippen LogP contribution in [0.4, 0.5) is 0 Å². The van der Waals surface area contributed by atoms with Crippen LogP contribution in [-0.4, -0.2) is 69.0 Å². The van der Waals surface area contributed by atoms with Gasteiger partial charge in [-0.25, -0.2) is 0 Å². The topological polar surface area (TPSA) is 98.7 Å². The van der Waals surface area contributed by atoms with E-state index in [4.69, 9.17) is 0 Å². The molecule has 3 rings (SSSR count). The van der Waals surface area contributed by atoms with Crippen molar-refractivity contribution in [3.05, 3.63) is 0 Å². The number of fused-ring (bicyclic) bond motifs is 1. The first-order valence-electron chi connectivity index (χ1n) is 10.2. The Labute approximate surface area is 171 Å². The maximum atomic E-state index is 13.7. The highest BCUT2D eigenvalue weighted by Crippen LogP contribution is 2.71. The molecule has 2 bridgehead atoms. The summed E-state index contributed by atoms with van der Waals surface area (Å²) in [5, 5.41) is 15.8. The van der Waals surface area contributed by atoms with Gasteiger partial charge >= 0.3 is 0 Å². The molecule has 6 atom stereocenters. The third-order valence-electron chi connectivity index (χ3n) is 6.74. The minimum absolute atomic E-state index is 0.00485. The first-order chi connectivity index (χ1) is 13.0. The van der Waals surface area contributed by atoms with E-state index >= 15 is 0 Å². The number of nitrogens with zero attached hydrogens (tertiary/aromatic N) is 1. The van der Waals surface area contributed by atoms with E-state index in [0.717, 1.165) is 12.8 Å². The van der Waals surface area contributed by atoms with E-state index in [9.17, 15) is 19.5 Å². The number of nitrogens with one attached hydrogen (secondary N) is 2. The summed E-state index contributed by atoms with van der Waals surface area (Å²) in [4.78, 5) is 41.4. The van der Waals surface area contributed by atoms with Crippen LogP contribution in [0.25, 0.3) is 0 Å². The van der Waals surface area contributed by atoms with E-state index in [2.05, 4.69) is 10.6 Å². The number of hydrogen-bond acceptors (Lipinski definition) is 5. The van der Waals surface area contributed by atoms with Crippen LogP contribution >= 0.6 is 11.8 Å². The molecule has 3 aliphatic rings. The van der Waals surface area contributed by atoms with E-state index in [1.807, 2.05) is 34.6 Å². The Kier molecular flexibility index (Phi) is 5.51. The largest absolute Gasteiger partial charge is 0.394 e. The molecule has 0 radical (unpaired) electrons. The number of aliphatic hydroxyl groups excluding tert-OH is 1. The molecule has 3 aliphatic heterocycles. The zero-order valence-electron chi connectivity index (χ0n) is 17.6. The highest BCUT2D eigenvalue weighted by Gasteiger charge is 2.77. The number of rotatable bonds is 6. The number of amides is 3. The lowest BCUT2D eigenvalue weighted by atomic mass is 9.66. The van der Waals surface area contributed by atoms with Gasteiger partial charge in [-0.3, -0.25) is 14.4 Å². The lowest BCUT2D eigenvalue weighted by Crippen LogP contribution is -2.58. The molecule has 0 aromatic heterocycles. The van der Waals surface area contributed by atoms with E-state index in [0.29, 0.717) is 0 Å². The lowest BCUT2D eigenvalue weighted by molar-refractivity contribution is -0.144. The van der Waals surface area contributed by atoms with Crippen LogP contribution in [0.3, 0.4) is 0 Å². The Hall–Kier alpha value is -1.28. The van der Waals surface area contributed by atoms with Crippen molar-refractivity contribution in [2.24, 2.45) is 17.8 Å². The van der Waals surface area contributed by atoms with Crippen LogP contribution in [0.15, 0.2) is 0 Å². The quantitative estimate of drug-likeness (QED) is 0.599. The fourth-order valence-electron chi connectivity index (χ4n) is 5.56. The molecule has 0 aromatic rings. The number of hydrogen-bond donors (Lipinski definition) is 3. The first-order valence-corrected chi connectivity index (χ1v) is 11.0. The third kappa shape index (κ3) is 2.86. The van der Waals surface area contributed by atoms with Gasteiger partial charge in [0.25, 0.3) is 0 Å². The minimum atomic E-state index is -0.673. The van der Waals surface area contributed by atoms with Gasteiger partial charge in [-0.2, -0.15) is 0 Å².